The molecule has 112 valence electrons. The molecule has 22 heavy (non-hydrogen) atoms. The number of aromatic nitrogens is 2. The van der Waals surface area contributed by atoms with Crippen LogP contribution in [0.25, 0.3) is 0 Å². The third-order valence-electron chi connectivity index (χ3n) is 3.37. The lowest BCUT2D eigenvalue weighted by Crippen LogP contribution is -1.98. The molecule has 0 amide bonds. The van der Waals surface area contributed by atoms with Crippen molar-refractivity contribution in [2.75, 3.05) is 5.32 Å². The molecule has 0 unspecified atom stereocenters. The summed E-state index contributed by atoms with van der Waals surface area (Å²) in [6, 6.07) is 12.7. The molecule has 3 rings (SSSR count). The molecular formula is C17H16ClN3S. The SMILES string of the molecule is Clc1ncc(CNc2cccc(CCc3ccncc3)c2)s1. The topological polar surface area (TPSA) is 37.8 Å². The fourth-order valence-corrected chi connectivity index (χ4v) is 3.15. The molecule has 2 aromatic heterocycles. The summed E-state index contributed by atoms with van der Waals surface area (Å²) in [6.45, 7) is 0.748. The Bertz CT molecular complexity index is 728. The zero-order valence-corrected chi connectivity index (χ0v) is 13.6. The minimum absolute atomic E-state index is 0.586. The number of halogens is 1. The Kier molecular flexibility index (Phi) is 5.03. The van der Waals surface area contributed by atoms with Crippen molar-refractivity contribution < 1.29 is 0 Å². The van der Waals surface area contributed by atoms with E-state index in [1.165, 1.54) is 22.5 Å². The maximum Gasteiger partial charge on any atom is 0.183 e. The first-order chi connectivity index (χ1) is 10.8. The molecule has 1 aromatic carbocycles. The van der Waals surface area contributed by atoms with Gasteiger partial charge in [0.1, 0.15) is 0 Å². The Morgan fingerprint density at radius 1 is 1.05 bits per heavy atom. The van der Waals surface area contributed by atoms with Gasteiger partial charge in [0.15, 0.2) is 4.47 Å². The smallest absolute Gasteiger partial charge is 0.183 e. The molecule has 0 bridgehead atoms. The van der Waals surface area contributed by atoms with Gasteiger partial charge >= 0.3 is 0 Å². The van der Waals surface area contributed by atoms with Gasteiger partial charge in [-0.3, -0.25) is 4.98 Å². The Morgan fingerprint density at radius 3 is 2.64 bits per heavy atom. The van der Waals surface area contributed by atoms with Crippen molar-refractivity contribution in [3.8, 4) is 0 Å². The minimum Gasteiger partial charge on any atom is -0.380 e. The molecule has 0 saturated heterocycles. The summed E-state index contributed by atoms with van der Waals surface area (Å²) >= 11 is 7.35. The van der Waals surface area contributed by atoms with E-state index in [-0.39, 0.29) is 0 Å². The zero-order valence-electron chi connectivity index (χ0n) is 12.0. The second kappa shape index (κ2) is 7.38. The predicted octanol–water partition coefficient (Wildman–Crippen LogP) is 4.59. The standard InChI is InChI=1S/C17H16ClN3S/c18-17-21-12-16(22-17)11-20-15-3-1-2-14(10-15)5-4-13-6-8-19-9-7-13/h1-3,6-10,12,20H,4-5,11H2. The summed E-state index contributed by atoms with van der Waals surface area (Å²) in [4.78, 5) is 9.23. The second-order valence-corrected chi connectivity index (χ2v) is 6.69. The number of nitrogens with one attached hydrogen (secondary N) is 1. The first-order valence-corrected chi connectivity index (χ1v) is 8.31. The Hall–Kier alpha value is -1.91. The summed E-state index contributed by atoms with van der Waals surface area (Å²) in [5.41, 5.74) is 3.76. The molecule has 3 nitrogen and oxygen atoms in total. The summed E-state index contributed by atoms with van der Waals surface area (Å²) < 4.78 is 0.586. The van der Waals surface area contributed by atoms with Crippen LogP contribution in [0.15, 0.2) is 55.0 Å². The largest absolute Gasteiger partial charge is 0.380 e. The van der Waals surface area contributed by atoms with Crippen molar-refractivity contribution in [3.05, 3.63) is 75.5 Å². The van der Waals surface area contributed by atoms with E-state index in [1.807, 2.05) is 18.6 Å². The monoisotopic (exact) mass is 329 g/mol. The number of hydrogen-bond acceptors (Lipinski definition) is 4. The van der Waals surface area contributed by atoms with E-state index < -0.39 is 0 Å². The van der Waals surface area contributed by atoms with Crippen LogP contribution in [0, 0.1) is 0 Å². The lowest BCUT2D eigenvalue weighted by molar-refractivity contribution is 0.955. The van der Waals surface area contributed by atoms with Crippen molar-refractivity contribution in [2.45, 2.75) is 19.4 Å². The highest BCUT2D eigenvalue weighted by Gasteiger charge is 2.01. The van der Waals surface area contributed by atoms with Crippen LogP contribution < -0.4 is 5.32 Å². The van der Waals surface area contributed by atoms with Crippen molar-refractivity contribution in [3.63, 3.8) is 0 Å². The number of aryl methyl sites for hydroxylation is 2. The maximum absolute atomic E-state index is 5.84. The van der Waals surface area contributed by atoms with Gasteiger partial charge in [0.05, 0.1) is 6.54 Å². The quantitative estimate of drug-likeness (QED) is 0.718. The van der Waals surface area contributed by atoms with Gasteiger partial charge in [-0.25, -0.2) is 4.98 Å². The molecule has 0 aliphatic rings. The average molecular weight is 330 g/mol. The van der Waals surface area contributed by atoms with Gasteiger partial charge < -0.3 is 5.32 Å². The van der Waals surface area contributed by atoms with Gasteiger partial charge in [0, 0.05) is 29.2 Å². The maximum atomic E-state index is 5.84. The van der Waals surface area contributed by atoms with Gasteiger partial charge in [-0.05, 0) is 48.2 Å². The number of anilines is 1. The highest BCUT2D eigenvalue weighted by Crippen LogP contribution is 2.20. The van der Waals surface area contributed by atoms with Crippen LogP contribution in [0.1, 0.15) is 16.0 Å². The van der Waals surface area contributed by atoms with Crippen molar-refractivity contribution in [1.82, 2.24) is 9.97 Å². The number of rotatable bonds is 6. The molecule has 0 radical (unpaired) electrons. The lowest BCUT2D eigenvalue weighted by atomic mass is 10.0. The Balaban J connectivity index is 1.57. The van der Waals surface area contributed by atoms with Gasteiger partial charge in [0.2, 0.25) is 0 Å². The molecule has 5 heteroatoms. The van der Waals surface area contributed by atoms with Crippen LogP contribution in [0.4, 0.5) is 5.69 Å². The van der Waals surface area contributed by atoms with Crippen LogP contribution in [-0.2, 0) is 19.4 Å². The normalized spacial score (nSPS) is 10.6. The van der Waals surface area contributed by atoms with Crippen LogP contribution in [0.2, 0.25) is 4.47 Å². The summed E-state index contributed by atoms with van der Waals surface area (Å²) in [5, 5.41) is 3.41. The van der Waals surface area contributed by atoms with Crippen LogP contribution in [0.5, 0.6) is 0 Å². The van der Waals surface area contributed by atoms with Crippen molar-refractivity contribution >= 4 is 28.6 Å². The van der Waals surface area contributed by atoms with Crippen LogP contribution >= 0.6 is 22.9 Å². The average Bonchev–Trinajstić information content (AvgIpc) is 2.98. The van der Waals surface area contributed by atoms with E-state index in [0.717, 1.165) is 30.0 Å². The molecule has 0 saturated carbocycles. The zero-order chi connectivity index (χ0) is 15.2. The first-order valence-electron chi connectivity index (χ1n) is 7.11. The number of nitrogens with zero attached hydrogens (tertiary/aromatic N) is 2. The van der Waals surface area contributed by atoms with E-state index in [0.29, 0.717) is 4.47 Å². The highest BCUT2D eigenvalue weighted by atomic mass is 35.5. The van der Waals surface area contributed by atoms with Gasteiger partial charge in [0.25, 0.3) is 0 Å². The van der Waals surface area contributed by atoms with Gasteiger partial charge in [-0.15, -0.1) is 11.3 Å². The lowest BCUT2D eigenvalue weighted by Gasteiger charge is -2.07. The summed E-state index contributed by atoms with van der Waals surface area (Å²) in [6.07, 6.45) is 7.54. The molecule has 0 atom stereocenters. The fourth-order valence-electron chi connectivity index (χ4n) is 2.23. The number of hydrogen-bond donors (Lipinski definition) is 1. The predicted molar refractivity (Wildman–Crippen MR) is 92.5 cm³/mol. The second-order valence-electron chi connectivity index (χ2n) is 4.99. The molecule has 0 spiro atoms. The van der Waals surface area contributed by atoms with Crippen LogP contribution in [0.3, 0.4) is 0 Å². The number of benzene rings is 1. The van der Waals surface area contributed by atoms with E-state index in [2.05, 4.69) is 51.7 Å². The Labute approximate surface area is 139 Å². The molecule has 1 N–H and O–H groups in total. The van der Waals surface area contributed by atoms with Gasteiger partial charge in [-0.2, -0.15) is 0 Å². The van der Waals surface area contributed by atoms with E-state index in [4.69, 9.17) is 11.6 Å². The summed E-state index contributed by atoms with van der Waals surface area (Å²) in [5.74, 6) is 0. The van der Waals surface area contributed by atoms with E-state index in [1.54, 1.807) is 0 Å². The molecule has 0 fully saturated rings. The van der Waals surface area contributed by atoms with E-state index in [9.17, 15) is 0 Å². The number of thiazole rings is 1. The van der Waals surface area contributed by atoms with Crippen molar-refractivity contribution in [2.24, 2.45) is 0 Å². The third kappa shape index (κ3) is 4.29. The van der Waals surface area contributed by atoms with Gasteiger partial charge in [-0.1, -0.05) is 23.7 Å². The fraction of sp³-hybridized carbons (Fsp3) is 0.176. The highest BCUT2D eigenvalue weighted by molar-refractivity contribution is 7.15. The molecule has 2 heterocycles. The molecule has 0 aliphatic heterocycles. The van der Waals surface area contributed by atoms with E-state index >= 15 is 0 Å². The number of pyridine rings is 1. The van der Waals surface area contributed by atoms with Crippen LogP contribution in [-0.4, -0.2) is 9.97 Å². The minimum atomic E-state index is 0.586. The third-order valence-corrected chi connectivity index (χ3v) is 4.49. The summed E-state index contributed by atoms with van der Waals surface area (Å²) in [7, 11) is 0. The van der Waals surface area contributed by atoms with Crippen molar-refractivity contribution in [1.29, 1.82) is 0 Å². The molecule has 3 aromatic rings. The molecule has 0 aliphatic carbocycles. The molecular weight excluding hydrogens is 314 g/mol. The first kappa shape index (κ1) is 15.0. The Morgan fingerprint density at radius 2 is 1.86 bits per heavy atom.